The van der Waals surface area contributed by atoms with Crippen molar-refractivity contribution in [1.29, 1.82) is 0 Å². The zero-order valence-corrected chi connectivity index (χ0v) is 68.8. The van der Waals surface area contributed by atoms with Gasteiger partial charge in [0.25, 0.3) is 0 Å². The van der Waals surface area contributed by atoms with Crippen LogP contribution < -0.4 is 4.74 Å². The number of rotatable bonds is 23. The summed E-state index contributed by atoms with van der Waals surface area (Å²) in [5.41, 5.74) is 3.92. The smallest absolute Gasteiger partial charge is 0.119 e. The monoisotopic (exact) mass is 1390 g/mol. The minimum Gasteiger partial charge on any atom is -0.491 e. The van der Waals surface area contributed by atoms with Crippen LogP contribution in [0.3, 0.4) is 0 Å². The van der Waals surface area contributed by atoms with Crippen LogP contribution in [0.1, 0.15) is 298 Å². The van der Waals surface area contributed by atoms with Crippen LogP contribution in [0, 0.1) is 0 Å². The Balaban J connectivity index is -0.00000103. The normalized spacial score (nSPS) is 16.4. The average molecular weight is 1390 g/mol. The molecule has 0 radical (unpaired) electrons. The lowest BCUT2D eigenvalue weighted by atomic mass is 9.98. The second kappa shape index (κ2) is 67.5. The van der Waals surface area contributed by atoms with E-state index in [0.717, 1.165) is 71.3 Å². The predicted molar refractivity (Wildman–Crippen MR) is 425 cm³/mol. The van der Waals surface area contributed by atoms with E-state index in [4.69, 9.17) is 52.1 Å². The summed E-state index contributed by atoms with van der Waals surface area (Å²) in [7, 11) is 1.71. The molecule has 4 atom stereocenters. The summed E-state index contributed by atoms with van der Waals surface area (Å²) < 4.78 is 59.2. The fraction of sp³-hybridized carbons (Fsp3) is 0.727. The highest BCUT2D eigenvalue weighted by Crippen LogP contribution is 2.23. The Morgan fingerprint density at radius 2 is 0.808 bits per heavy atom. The molecule has 2 aliphatic heterocycles. The van der Waals surface area contributed by atoms with Crippen molar-refractivity contribution in [1.82, 2.24) is 0 Å². The van der Waals surface area contributed by atoms with Gasteiger partial charge in [0, 0.05) is 33.5 Å². The second-order valence-corrected chi connectivity index (χ2v) is 29.4. The van der Waals surface area contributed by atoms with Crippen LogP contribution in [0.15, 0.2) is 121 Å². The van der Waals surface area contributed by atoms with E-state index in [1.807, 2.05) is 128 Å². The largest absolute Gasteiger partial charge is 0.491 e. The maximum absolute atomic E-state index is 5.69. The van der Waals surface area contributed by atoms with Crippen molar-refractivity contribution in [3.8, 4) is 5.75 Å². The van der Waals surface area contributed by atoms with Crippen LogP contribution >= 0.6 is 0 Å². The molecule has 4 aromatic carbocycles. The van der Waals surface area contributed by atoms with Crippen molar-refractivity contribution >= 4 is 0 Å². The third-order valence-electron chi connectivity index (χ3n) is 15.0. The molecule has 11 heteroatoms. The molecular weight excluding hydrogens is 1230 g/mol. The van der Waals surface area contributed by atoms with Gasteiger partial charge >= 0.3 is 0 Å². The van der Waals surface area contributed by atoms with Crippen molar-refractivity contribution < 1.29 is 52.1 Å². The average Bonchev–Trinajstić information content (AvgIpc) is 2.17. The molecule has 0 bridgehead atoms. The maximum Gasteiger partial charge on any atom is 0.119 e. The third-order valence-corrected chi connectivity index (χ3v) is 15.0. The maximum atomic E-state index is 5.69. The van der Waals surface area contributed by atoms with Crippen molar-refractivity contribution in [3.05, 3.63) is 138 Å². The van der Waals surface area contributed by atoms with Gasteiger partial charge in [0.05, 0.1) is 98.2 Å². The zero-order chi connectivity index (χ0) is 75.0. The number of hydrogen-bond acceptors (Lipinski definition) is 11. The standard InChI is InChI=1S/2C11H16O.C10H14O.C9H18O.C9H12O.C8H16O.C8H18O.C6H12O.C6H14O.C5H10O.C5H12O/c1-10(2)12-9-8-11-6-4-3-5-7-11;1-3-10(2)12-9-11-7-5-4-6-8-11;1-9(2)11-8-10-6-4-3-5-7-10;2*1-8(2)10-9-6-4-3-5-7-9;1-7(2)9-8-5-3-4-6-8;1-4-6-8(3)9-7-5-2;1-6-4-2-3-5-7-6;1-5-7-6(2,3)4;1-5-3-2-4-6-5;1-5(2,3)6-4/h3-7,10H,8-9H2,1-2H3;4-8,10H,3,9H2,1-2H3;3-7,9H,8H2,1-2H3;8-9H,3-7H2,1-2H3;3-8H,1-2H3;7-8H,3-6H2,1-2H3;8H,4-7H2,1-3H3;6H,2-5H2,1H3;5H2,1-4H3;5H,2-4H2,1H3;1-4H3. The number of ether oxygens (including phenoxy) is 11. The zero-order valence-electron chi connectivity index (χ0n) is 68.8. The van der Waals surface area contributed by atoms with Gasteiger partial charge in [0.15, 0.2) is 0 Å². The van der Waals surface area contributed by atoms with E-state index in [1.165, 1.54) is 119 Å². The molecular formula is C88H158O11. The summed E-state index contributed by atoms with van der Waals surface area (Å²) in [6.45, 7) is 55.9. The first kappa shape index (κ1) is 99.5. The van der Waals surface area contributed by atoms with Gasteiger partial charge in [-0.3, -0.25) is 0 Å². The van der Waals surface area contributed by atoms with E-state index >= 15 is 0 Å². The van der Waals surface area contributed by atoms with Gasteiger partial charge in [-0.25, -0.2) is 0 Å². The molecule has 576 valence electrons. The summed E-state index contributed by atoms with van der Waals surface area (Å²) in [6.07, 6.45) is 29.0. The van der Waals surface area contributed by atoms with E-state index in [-0.39, 0.29) is 17.3 Å². The van der Waals surface area contributed by atoms with Gasteiger partial charge in [-0.05, 0) is 258 Å². The summed E-state index contributed by atoms with van der Waals surface area (Å²) in [5.74, 6) is 0.942. The van der Waals surface area contributed by atoms with Crippen LogP contribution in [0.5, 0.6) is 5.75 Å². The molecule has 0 aromatic heterocycles. The van der Waals surface area contributed by atoms with Crippen LogP contribution in [0.2, 0.25) is 0 Å². The van der Waals surface area contributed by atoms with Crippen LogP contribution in [0.25, 0.3) is 0 Å². The molecule has 4 aliphatic rings. The second-order valence-electron chi connectivity index (χ2n) is 29.4. The molecule has 0 N–H and O–H groups in total. The van der Waals surface area contributed by atoms with Gasteiger partial charge in [0.1, 0.15) is 5.75 Å². The summed E-state index contributed by atoms with van der Waals surface area (Å²) >= 11 is 0. The van der Waals surface area contributed by atoms with Gasteiger partial charge in [0.2, 0.25) is 0 Å². The van der Waals surface area contributed by atoms with Crippen molar-refractivity contribution in [2.75, 3.05) is 40.1 Å². The summed E-state index contributed by atoms with van der Waals surface area (Å²) in [5, 5.41) is 0. The van der Waals surface area contributed by atoms with Gasteiger partial charge < -0.3 is 52.1 Å². The Morgan fingerprint density at radius 3 is 1.12 bits per heavy atom. The van der Waals surface area contributed by atoms with E-state index < -0.39 is 0 Å². The Bertz CT molecular complexity index is 2170. The number of benzene rings is 4. The van der Waals surface area contributed by atoms with E-state index in [2.05, 4.69) is 159 Å². The predicted octanol–water partition coefficient (Wildman–Crippen LogP) is 24.5. The Morgan fingerprint density at radius 1 is 0.404 bits per heavy atom. The fourth-order valence-electron chi connectivity index (χ4n) is 9.47. The SMILES string of the molecule is CC(C)OC1CCCC1.CC(C)OC1CCCCC1.CC(C)OCCc1ccccc1.CC(C)OCc1ccccc1.CC(C)Oc1ccccc1.CC1CCCCO1.CC1CCCO1.CCC(C)OCc1ccccc1.CCCOC(C)CCC.CCOC(C)(C)C.COC(C)(C)C. The number of methoxy groups -OCH3 is 1. The number of para-hydroxylation sites is 1. The molecule has 0 amide bonds. The lowest BCUT2D eigenvalue weighted by Crippen LogP contribution is -2.20. The first-order valence-corrected chi connectivity index (χ1v) is 39.0. The van der Waals surface area contributed by atoms with E-state index in [0.29, 0.717) is 61.0 Å². The van der Waals surface area contributed by atoms with Crippen molar-refractivity contribution in [2.24, 2.45) is 0 Å². The lowest BCUT2D eigenvalue weighted by molar-refractivity contribution is -0.0118. The van der Waals surface area contributed by atoms with Crippen molar-refractivity contribution in [3.63, 3.8) is 0 Å². The third kappa shape index (κ3) is 76.7. The molecule has 2 saturated heterocycles. The first-order valence-electron chi connectivity index (χ1n) is 39.0. The molecule has 4 fully saturated rings. The van der Waals surface area contributed by atoms with Gasteiger partial charge in [-0.2, -0.15) is 0 Å². The molecule has 99 heavy (non-hydrogen) atoms. The minimum atomic E-state index is 0.0417. The first-order chi connectivity index (χ1) is 47.0. The van der Waals surface area contributed by atoms with E-state index in [1.54, 1.807) is 7.11 Å². The van der Waals surface area contributed by atoms with Crippen LogP contribution in [-0.2, 0) is 67.0 Å². The Hall–Kier alpha value is -3.72. The molecule has 0 spiro atoms. The van der Waals surface area contributed by atoms with Crippen LogP contribution in [-0.4, -0.2) is 118 Å². The minimum absolute atomic E-state index is 0.0417. The molecule has 2 heterocycles. The quantitative estimate of drug-likeness (QED) is 0.0709. The molecule has 2 aliphatic carbocycles. The van der Waals surface area contributed by atoms with Gasteiger partial charge in [-0.1, -0.05) is 168 Å². The Kier molecular flexibility index (Phi) is 67.8. The highest BCUT2D eigenvalue weighted by molar-refractivity contribution is 5.21. The van der Waals surface area contributed by atoms with E-state index in [9.17, 15) is 0 Å². The number of hydrogen-bond donors (Lipinski definition) is 0. The molecule has 4 aromatic rings. The van der Waals surface area contributed by atoms with Crippen LogP contribution in [0.4, 0.5) is 0 Å². The molecule has 4 unspecified atom stereocenters. The summed E-state index contributed by atoms with van der Waals surface area (Å²) in [6, 6.07) is 40.7. The molecule has 8 rings (SSSR count). The Labute approximate surface area is 612 Å². The topological polar surface area (TPSA) is 102 Å². The highest BCUT2D eigenvalue weighted by atomic mass is 16.5. The fourth-order valence-corrected chi connectivity index (χ4v) is 9.47. The summed E-state index contributed by atoms with van der Waals surface area (Å²) in [4.78, 5) is 0. The van der Waals surface area contributed by atoms with Gasteiger partial charge in [-0.15, -0.1) is 0 Å². The molecule has 11 nitrogen and oxygen atoms in total. The lowest BCUT2D eigenvalue weighted by Gasteiger charge is -2.23. The van der Waals surface area contributed by atoms with Crippen molar-refractivity contribution in [2.45, 2.75) is 380 Å². The highest BCUT2D eigenvalue weighted by Gasteiger charge is 2.17. The molecule has 2 saturated carbocycles.